The molecular formula is C6H10N18O2. The molecule has 0 amide bonds. The maximum Gasteiger partial charge on any atom is 0.396 e. The minimum atomic E-state index is -0.324. The molecule has 0 spiro atoms. The molecule has 20 heteroatoms. The number of aromatic nitrogens is 14. The number of nitrogens with zero attached hydrogens (tertiary/aromatic N) is 12. The average Bonchev–Trinajstić information content (AvgIpc) is 3.36. The van der Waals surface area contributed by atoms with Gasteiger partial charge in [-0.2, -0.15) is 0 Å². The number of aromatic amines is 2. The lowest BCUT2D eigenvalue weighted by molar-refractivity contribution is -0.643. The van der Waals surface area contributed by atoms with Crippen molar-refractivity contribution in [1.82, 2.24) is 61.1 Å². The molecule has 136 valence electrons. The SMILES string of the molecule is Nc1n[nH]c(-c2[nH]nc(N)[n+]2N)[n+]1N.[O-]n1nnnc1-c1nnnn1[O-]. The summed E-state index contributed by atoms with van der Waals surface area (Å²) in [7, 11) is 0. The number of hydrogen-bond donors (Lipinski definition) is 6. The predicted molar refractivity (Wildman–Crippen MR) is 77.8 cm³/mol. The molecular weight excluding hydrogens is 356 g/mol. The van der Waals surface area contributed by atoms with Gasteiger partial charge in [0.25, 0.3) is 0 Å². The van der Waals surface area contributed by atoms with Crippen LogP contribution in [0.15, 0.2) is 0 Å². The lowest BCUT2D eigenvalue weighted by atomic mass is 10.6. The standard InChI is InChI=1S/C4H8N10.C2N8O2/c5-3-11-9-1(13(3)7)2-10-12-4(6)14(2)8;11-9-1(3-5-7-9)2-4-6-8-10(2)12/h7-8H2,(H4,5,6,9,10,11,12);/q;-2/p+2. The third kappa shape index (κ3) is 2.63. The Morgan fingerprint density at radius 2 is 1.15 bits per heavy atom. The van der Waals surface area contributed by atoms with Crippen LogP contribution in [0.5, 0.6) is 0 Å². The second-order valence-electron chi connectivity index (χ2n) is 4.35. The van der Waals surface area contributed by atoms with E-state index in [9.17, 15) is 10.4 Å². The Morgan fingerprint density at radius 3 is 1.38 bits per heavy atom. The van der Waals surface area contributed by atoms with Gasteiger partial charge in [-0.3, -0.25) is 21.4 Å². The van der Waals surface area contributed by atoms with Crippen LogP contribution >= 0.6 is 0 Å². The van der Waals surface area contributed by atoms with E-state index in [1.165, 1.54) is 0 Å². The lowest BCUT2D eigenvalue weighted by Crippen LogP contribution is -2.53. The van der Waals surface area contributed by atoms with Crippen molar-refractivity contribution >= 4 is 11.9 Å². The van der Waals surface area contributed by atoms with Gasteiger partial charge in [0.15, 0.2) is 0 Å². The van der Waals surface area contributed by atoms with Gasteiger partial charge in [-0.05, 0) is 20.9 Å². The van der Waals surface area contributed by atoms with Gasteiger partial charge in [-0.25, -0.2) is 0 Å². The summed E-state index contributed by atoms with van der Waals surface area (Å²) in [6, 6.07) is 0. The van der Waals surface area contributed by atoms with Gasteiger partial charge in [-0.1, -0.05) is 0 Å². The van der Waals surface area contributed by atoms with Crippen LogP contribution in [0.25, 0.3) is 23.3 Å². The highest BCUT2D eigenvalue weighted by Gasteiger charge is 2.25. The summed E-state index contributed by atoms with van der Waals surface area (Å²) in [6.45, 7) is 0. The van der Waals surface area contributed by atoms with Crippen LogP contribution in [0, 0.1) is 10.4 Å². The van der Waals surface area contributed by atoms with Crippen LogP contribution in [0.2, 0.25) is 0 Å². The van der Waals surface area contributed by atoms with Crippen LogP contribution in [0.4, 0.5) is 11.9 Å². The minimum absolute atomic E-state index is 0.0556. The van der Waals surface area contributed by atoms with E-state index in [0.717, 1.165) is 9.35 Å². The number of anilines is 2. The number of nitrogens with one attached hydrogen (secondary N) is 2. The topological polar surface area (TPSA) is 303 Å². The van der Waals surface area contributed by atoms with E-state index in [0.29, 0.717) is 11.6 Å². The molecule has 0 aliphatic rings. The molecule has 0 saturated heterocycles. The van der Waals surface area contributed by atoms with Crippen LogP contribution < -0.4 is 32.5 Å². The Bertz CT molecular complexity index is 938. The molecule has 0 bridgehead atoms. The van der Waals surface area contributed by atoms with Crippen molar-refractivity contribution in [2.24, 2.45) is 0 Å². The van der Waals surface area contributed by atoms with E-state index in [4.69, 9.17) is 23.2 Å². The summed E-state index contributed by atoms with van der Waals surface area (Å²) >= 11 is 0. The molecule has 0 radical (unpaired) electrons. The van der Waals surface area contributed by atoms with E-state index in [1.54, 1.807) is 0 Å². The maximum absolute atomic E-state index is 10.7. The molecule has 4 heterocycles. The van der Waals surface area contributed by atoms with E-state index < -0.39 is 0 Å². The predicted octanol–water partition coefficient (Wildman–Crippen LogP) is -6.01. The maximum atomic E-state index is 10.7. The van der Waals surface area contributed by atoms with Gasteiger partial charge in [-0.15, -0.1) is 29.7 Å². The molecule has 0 fully saturated rings. The Kier molecular flexibility index (Phi) is 3.73. The fraction of sp³-hybridized carbons (Fsp3) is 0. The summed E-state index contributed by atoms with van der Waals surface area (Å²) in [5.74, 6) is 11.4. The molecule has 0 unspecified atom stereocenters. The van der Waals surface area contributed by atoms with Crippen molar-refractivity contribution in [1.29, 1.82) is 0 Å². The van der Waals surface area contributed by atoms with Crippen LogP contribution in [0.1, 0.15) is 0 Å². The van der Waals surface area contributed by atoms with Gasteiger partial charge >= 0.3 is 23.5 Å². The molecule has 26 heavy (non-hydrogen) atoms. The smallest absolute Gasteiger partial charge is 0.396 e. The van der Waals surface area contributed by atoms with Crippen molar-refractivity contribution in [3.05, 3.63) is 10.4 Å². The number of H-pyrrole nitrogens is 2. The Labute approximate surface area is 140 Å². The third-order valence-electron chi connectivity index (χ3n) is 2.84. The number of hydrogen-bond acceptors (Lipinski definition) is 14. The van der Waals surface area contributed by atoms with Crippen LogP contribution in [0.3, 0.4) is 0 Å². The van der Waals surface area contributed by atoms with Gasteiger partial charge < -0.3 is 21.9 Å². The average molecular weight is 366 g/mol. The van der Waals surface area contributed by atoms with Crippen molar-refractivity contribution in [3.63, 3.8) is 0 Å². The lowest BCUT2D eigenvalue weighted by Gasteiger charge is -2.07. The van der Waals surface area contributed by atoms with Crippen molar-refractivity contribution in [2.75, 3.05) is 23.2 Å². The molecule has 0 aliphatic heterocycles. The van der Waals surface area contributed by atoms with Gasteiger partial charge in [0.05, 0.1) is 0 Å². The molecule has 0 atom stereocenters. The zero-order valence-corrected chi connectivity index (χ0v) is 12.5. The fourth-order valence-electron chi connectivity index (χ4n) is 1.62. The first kappa shape index (κ1) is 16.1. The van der Waals surface area contributed by atoms with E-state index in [-0.39, 0.29) is 33.2 Å². The first-order valence-corrected chi connectivity index (χ1v) is 6.34. The first-order chi connectivity index (χ1) is 12.4. The molecule has 4 aromatic heterocycles. The molecule has 20 nitrogen and oxygen atoms in total. The molecule has 0 aliphatic carbocycles. The zero-order valence-electron chi connectivity index (χ0n) is 12.5. The molecule has 4 aromatic rings. The quantitative estimate of drug-likeness (QED) is 0.142. The summed E-state index contributed by atoms with van der Waals surface area (Å²) in [6.07, 6.45) is 0. The van der Waals surface area contributed by atoms with Crippen molar-refractivity contribution in [3.8, 4) is 23.3 Å². The normalized spacial score (nSPS) is 10.5. The van der Waals surface area contributed by atoms with Gasteiger partial charge in [0.1, 0.15) is 0 Å². The second-order valence-corrected chi connectivity index (χ2v) is 4.35. The zero-order chi connectivity index (χ0) is 18.8. The molecule has 10 N–H and O–H groups in total. The number of nitrogen functional groups attached to an aromatic ring is 4. The largest absolute Gasteiger partial charge is 0.787 e. The third-order valence-corrected chi connectivity index (χ3v) is 2.84. The summed E-state index contributed by atoms with van der Waals surface area (Å²) in [5.41, 5.74) is 10.8. The van der Waals surface area contributed by atoms with Gasteiger partial charge in [0.2, 0.25) is 11.6 Å². The fourth-order valence-corrected chi connectivity index (χ4v) is 1.62. The number of rotatable bonds is 2. The Hall–Kier alpha value is -4.78. The van der Waals surface area contributed by atoms with Crippen molar-refractivity contribution < 1.29 is 9.35 Å². The van der Waals surface area contributed by atoms with Crippen molar-refractivity contribution in [2.45, 2.75) is 0 Å². The summed E-state index contributed by atoms with van der Waals surface area (Å²) < 4.78 is 2.24. The highest BCUT2D eigenvalue weighted by Crippen LogP contribution is 2.07. The second kappa shape index (κ2) is 6.02. The molecule has 0 aromatic carbocycles. The van der Waals surface area contributed by atoms with E-state index in [2.05, 4.69) is 51.4 Å². The first-order valence-electron chi connectivity index (χ1n) is 6.34. The monoisotopic (exact) mass is 366 g/mol. The highest BCUT2D eigenvalue weighted by atomic mass is 16.5. The number of tetrazole rings is 2. The molecule has 4 rings (SSSR count). The Morgan fingerprint density at radius 1 is 0.769 bits per heavy atom. The highest BCUT2D eigenvalue weighted by molar-refractivity contribution is 5.41. The van der Waals surface area contributed by atoms with Crippen LogP contribution in [-0.2, 0) is 0 Å². The van der Waals surface area contributed by atoms with Crippen LogP contribution in [-0.4, -0.2) is 61.1 Å². The minimum Gasteiger partial charge on any atom is -0.787 e. The van der Waals surface area contributed by atoms with E-state index in [1.807, 2.05) is 0 Å². The Balaban J connectivity index is 0.000000152. The molecule has 0 saturated carbocycles. The number of nitrogens with two attached hydrogens (primary N) is 4. The summed E-state index contributed by atoms with van der Waals surface area (Å²) in [5, 5.41) is 52.4. The summed E-state index contributed by atoms with van der Waals surface area (Å²) in [4.78, 5) is 0.111. The van der Waals surface area contributed by atoms with Gasteiger partial charge in [0, 0.05) is 10.2 Å². The van der Waals surface area contributed by atoms with E-state index >= 15 is 0 Å².